The Morgan fingerprint density at radius 1 is 1.47 bits per heavy atom. The molecule has 6 nitrogen and oxygen atoms in total. The maximum atomic E-state index is 12.8. The van der Waals surface area contributed by atoms with E-state index in [-0.39, 0.29) is 17.8 Å². The summed E-state index contributed by atoms with van der Waals surface area (Å²) < 4.78 is 12.8. The molecule has 0 saturated carbocycles. The topological polar surface area (TPSA) is 118 Å². The third-order valence-electron chi connectivity index (χ3n) is 2.04. The SMILES string of the molecule is NC(=O)C(O)CNC(=O)c1ccc(F)c(N)c1. The van der Waals surface area contributed by atoms with Crippen molar-refractivity contribution >= 4 is 17.5 Å². The standard InChI is InChI=1S/C10H12FN3O3/c11-6-2-1-5(3-7(6)12)10(17)14-4-8(15)9(13)16/h1-3,8,15H,4,12H2,(H2,13,16)(H,14,17). The first-order chi connectivity index (χ1) is 7.91. The highest BCUT2D eigenvalue weighted by Crippen LogP contribution is 2.11. The van der Waals surface area contributed by atoms with E-state index in [0.717, 1.165) is 12.1 Å². The molecule has 1 unspecified atom stereocenters. The number of aliphatic hydroxyl groups excluding tert-OH is 1. The summed E-state index contributed by atoms with van der Waals surface area (Å²) in [6, 6.07) is 3.44. The highest BCUT2D eigenvalue weighted by molar-refractivity contribution is 5.95. The van der Waals surface area contributed by atoms with Crippen LogP contribution in [0, 0.1) is 5.82 Å². The van der Waals surface area contributed by atoms with Gasteiger partial charge in [0.1, 0.15) is 11.9 Å². The average Bonchev–Trinajstić information content (AvgIpc) is 2.28. The van der Waals surface area contributed by atoms with E-state index in [9.17, 15) is 14.0 Å². The van der Waals surface area contributed by atoms with Crippen LogP contribution in [-0.2, 0) is 4.79 Å². The molecule has 1 rings (SSSR count). The molecule has 2 amide bonds. The van der Waals surface area contributed by atoms with E-state index in [2.05, 4.69) is 5.32 Å². The number of halogens is 1. The minimum Gasteiger partial charge on any atom is -0.396 e. The number of nitrogens with two attached hydrogens (primary N) is 2. The van der Waals surface area contributed by atoms with Gasteiger partial charge < -0.3 is 21.9 Å². The Morgan fingerprint density at radius 2 is 2.12 bits per heavy atom. The van der Waals surface area contributed by atoms with Gasteiger partial charge in [-0.15, -0.1) is 0 Å². The van der Waals surface area contributed by atoms with Gasteiger partial charge in [-0.3, -0.25) is 9.59 Å². The van der Waals surface area contributed by atoms with Gasteiger partial charge in [-0.2, -0.15) is 0 Å². The van der Waals surface area contributed by atoms with Crippen molar-refractivity contribution in [2.45, 2.75) is 6.10 Å². The maximum absolute atomic E-state index is 12.8. The molecule has 1 aromatic carbocycles. The van der Waals surface area contributed by atoms with Crippen LogP contribution in [0.15, 0.2) is 18.2 Å². The molecule has 0 fully saturated rings. The summed E-state index contributed by atoms with van der Waals surface area (Å²) >= 11 is 0. The monoisotopic (exact) mass is 241 g/mol. The zero-order chi connectivity index (χ0) is 13.0. The summed E-state index contributed by atoms with van der Waals surface area (Å²) in [6.45, 7) is -0.314. The lowest BCUT2D eigenvalue weighted by Gasteiger charge is -2.08. The van der Waals surface area contributed by atoms with Crippen LogP contribution >= 0.6 is 0 Å². The number of carbonyl (C=O) groups excluding carboxylic acids is 2. The fourth-order valence-electron chi connectivity index (χ4n) is 1.08. The normalized spacial score (nSPS) is 11.9. The Hall–Kier alpha value is -2.15. The molecule has 0 spiro atoms. The van der Waals surface area contributed by atoms with Crippen molar-refractivity contribution in [1.82, 2.24) is 5.32 Å². The molecule has 0 heterocycles. The number of benzene rings is 1. The van der Waals surface area contributed by atoms with Crippen molar-refractivity contribution in [3.63, 3.8) is 0 Å². The molecule has 1 atom stereocenters. The van der Waals surface area contributed by atoms with Gasteiger partial charge in [0.05, 0.1) is 12.2 Å². The molecule has 6 N–H and O–H groups in total. The number of anilines is 1. The zero-order valence-electron chi connectivity index (χ0n) is 8.81. The Labute approximate surface area is 96.4 Å². The van der Waals surface area contributed by atoms with Crippen LogP contribution in [0.4, 0.5) is 10.1 Å². The average molecular weight is 241 g/mol. The van der Waals surface area contributed by atoms with Gasteiger partial charge in [0, 0.05) is 5.56 Å². The van der Waals surface area contributed by atoms with E-state index >= 15 is 0 Å². The highest BCUT2D eigenvalue weighted by atomic mass is 19.1. The number of nitrogen functional groups attached to an aromatic ring is 1. The molecule has 17 heavy (non-hydrogen) atoms. The third-order valence-corrected chi connectivity index (χ3v) is 2.04. The number of hydrogen-bond donors (Lipinski definition) is 4. The van der Waals surface area contributed by atoms with Crippen molar-refractivity contribution in [1.29, 1.82) is 0 Å². The first kappa shape index (κ1) is 12.9. The van der Waals surface area contributed by atoms with Crippen LogP contribution in [0.5, 0.6) is 0 Å². The lowest BCUT2D eigenvalue weighted by atomic mass is 10.2. The van der Waals surface area contributed by atoms with E-state index in [1.165, 1.54) is 6.07 Å². The predicted molar refractivity (Wildman–Crippen MR) is 58.3 cm³/mol. The molecule has 0 saturated heterocycles. The van der Waals surface area contributed by atoms with Crippen LogP contribution in [0.3, 0.4) is 0 Å². The molecule has 1 aromatic rings. The Bertz CT molecular complexity index is 450. The first-order valence-electron chi connectivity index (χ1n) is 4.72. The minimum atomic E-state index is -1.46. The van der Waals surface area contributed by atoms with Crippen LogP contribution in [0.2, 0.25) is 0 Å². The maximum Gasteiger partial charge on any atom is 0.251 e. The van der Waals surface area contributed by atoms with Gasteiger partial charge in [0.15, 0.2) is 0 Å². The second kappa shape index (κ2) is 5.26. The molecule has 0 radical (unpaired) electrons. The summed E-state index contributed by atoms with van der Waals surface area (Å²) in [5, 5.41) is 11.3. The molecule has 0 aliphatic heterocycles. The van der Waals surface area contributed by atoms with Gasteiger partial charge in [0.2, 0.25) is 5.91 Å². The van der Waals surface area contributed by atoms with E-state index in [0.29, 0.717) is 0 Å². The molecule has 0 aliphatic rings. The fourth-order valence-corrected chi connectivity index (χ4v) is 1.08. The number of primary amides is 1. The molecule has 7 heteroatoms. The van der Waals surface area contributed by atoms with E-state index in [4.69, 9.17) is 16.6 Å². The second-order valence-electron chi connectivity index (χ2n) is 3.36. The molecule has 0 aliphatic carbocycles. The second-order valence-corrected chi connectivity index (χ2v) is 3.36. The number of aliphatic hydroxyl groups is 1. The van der Waals surface area contributed by atoms with Gasteiger partial charge >= 0.3 is 0 Å². The van der Waals surface area contributed by atoms with Crippen molar-refractivity contribution in [3.8, 4) is 0 Å². The number of amides is 2. The lowest BCUT2D eigenvalue weighted by Crippen LogP contribution is -2.40. The number of carbonyl (C=O) groups is 2. The summed E-state index contributed by atoms with van der Waals surface area (Å²) in [7, 11) is 0. The van der Waals surface area contributed by atoms with E-state index in [1.54, 1.807) is 0 Å². The van der Waals surface area contributed by atoms with Crippen molar-refractivity contribution in [2.75, 3.05) is 12.3 Å². The highest BCUT2D eigenvalue weighted by Gasteiger charge is 2.13. The van der Waals surface area contributed by atoms with Crippen LogP contribution in [-0.4, -0.2) is 29.6 Å². The van der Waals surface area contributed by atoms with Gasteiger partial charge in [-0.05, 0) is 18.2 Å². The van der Waals surface area contributed by atoms with E-state index < -0.39 is 23.7 Å². The Morgan fingerprint density at radius 3 is 2.65 bits per heavy atom. The van der Waals surface area contributed by atoms with Crippen LogP contribution < -0.4 is 16.8 Å². The summed E-state index contributed by atoms with van der Waals surface area (Å²) in [5.41, 5.74) is 10.0. The van der Waals surface area contributed by atoms with Crippen LogP contribution in [0.1, 0.15) is 10.4 Å². The molecule has 0 bridgehead atoms. The number of rotatable bonds is 4. The third kappa shape index (κ3) is 3.42. The number of nitrogens with one attached hydrogen (secondary N) is 1. The summed E-state index contributed by atoms with van der Waals surface area (Å²) in [4.78, 5) is 22.0. The van der Waals surface area contributed by atoms with Crippen molar-refractivity contribution in [2.24, 2.45) is 5.73 Å². The van der Waals surface area contributed by atoms with Crippen molar-refractivity contribution in [3.05, 3.63) is 29.6 Å². The van der Waals surface area contributed by atoms with Gasteiger partial charge in [-0.25, -0.2) is 4.39 Å². The molecular weight excluding hydrogens is 229 g/mol. The lowest BCUT2D eigenvalue weighted by molar-refractivity contribution is -0.125. The van der Waals surface area contributed by atoms with Gasteiger partial charge in [-0.1, -0.05) is 0 Å². The quantitative estimate of drug-likeness (QED) is 0.505. The smallest absolute Gasteiger partial charge is 0.251 e. The zero-order valence-corrected chi connectivity index (χ0v) is 8.81. The molecule has 0 aromatic heterocycles. The predicted octanol–water partition coefficient (Wildman–Crippen LogP) is -1.02. The summed E-state index contributed by atoms with van der Waals surface area (Å²) in [5.74, 6) is -2.15. The largest absolute Gasteiger partial charge is 0.396 e. The molecule has 92 valence electrons. The van der Waals surface area contributed by atoms with Gasteiger partial charge in [0.25, 0.3) is 5.91 Å². The Kier molecular flexibility index (Phi) is 4.00. The fraction of sp³-hybridized carbons (Fsp3) is 0.200. The van der Waals surface area contributed by atoms with E-state index in [1.807, 2.05) is 0 Å². The first-order valence-corrected chi connectivity index (χ1v) is 4.72. The summed E-state index contributed by atoms with van der Waals surface area (Å²) in [6.07, 6.45) is -1.46. The van der Waals surface area contributed by atoms with Crippen LogP contribution in [0.25, 0.3) is 0 Å². The minimum absolute atomic E-state index is 0.126. The Balaban J connectivity index is 2.64. The molecular formula is C10H12FN3O3. The van der Waals surface area contributed by atoms with Crippen molar-refractivity contribution < 1.29 is 19.1 Å². The number of hydrogen-bond acceptors (Lipinski definition) is 4.